The normalized spacial score (nSPS) is 10.8. The molecule has 6 heteroatoms. The Balaban J connectivity index is 2.40. The van der Waals surface area contributed by atoms with Crippen LogP contribution in [0.25, 0.3) is 10.7 Å². The second kappa shape index (κ2) is 4.48. The van der Waals surface area contributed by atoms with Gasteiger partial charge >= 0.3 is 0 Å². The second-order valence-corrected chi connectivity index (χ2v) is 4.00. The predicted molar refractivity (Wildman–Crippen MR) is 58.6 cm³/mol. The third kappa shape index (κ3) is 1.90. The summed E-state index contributed by atoms with van der Waals surface area (Å²) in [5.41, 5.74) is 1.00. The Hall–Kier alpha value is -1.30. The second-order valence-electron chi connectivity index (χ2n) is 3.25. The molecule has 0 fully saturated rings. The summed E-state index contributed by atoms with van der Waals surface area (Å²) in [5, 5.41) is 12.1. The Kier molecular flexibility index (Phi) is 3.05. The zero-order chi connectivity index (χ0) is 10.7. The molecule has 0 aliphatic rings. The molecule has 0 amide bonds. The van der Waals surface area contributed by atoms with Gasteiger partial charge in [-0.15, -0.1) is 15.3 Å². The fourth-order valence-electron chi connectivity index (χ4n) is 1.45. The van der Waals surface area contributed by atoms with E-state index in [2.05, 4.69) is 33.6 Å². The molecule has 0 radical (unpaired) electrons. The lowest BCUT2D eigenvalue weighted by atomic mass is 10.3. The van der Waals surface area contributed by atoms with E-state index in [0.29, 0.717) is 0 Å². The predicted octanol–water partition coefficient (Wildman–Crippen LogP) is 1.77. The van der Waals surface area contributed by atoms with Crippen molar-refractivity contribution in [2.24, 2.45) is 0 Å². The summed E-state index contributed by atoms with van der Waals surface area (Å²) in [7, 11) is 0. The van der Waals surface area contributed by atoms with Gasteiger partial charge in [0.15, 0.2) is 5.82 Å². The number of aryl methyl sites for hydroxylation is 2. The quantitative estimate of drug-likeness (QED) is 0.792. The van der Waals surface area contributed by atoms with Crippen molar-refractivity contribution < 1.29 is 0 Å². The zero-order valence-corrected chi connectivity index (χ0v) is 9.66. The number of rotatable bonds is 4. The van der Waals surface area contributed by atoms with E-state index in [-0.39, 0.29) is 0 Å². The summed E-state index contributed by atoms with van der Waals surface area (Å²) in [6.07, 6.45) is 3.71. The molecule has 2 aromatic rings. The van der Waals surface area contributed by atoms with E-state index in [9.17, 15) is 0 Å². The smallest absolute Gasteiger partial charge is 0.177 e. The summed E-state index contributed by atoms with van der Waals surface area (Å²) >= 11 is 1.39. The molecule has 2 heterocycles. The van der Waals surface area contributed by atoms with Gasteiger partial charge in [-0.3, -0.25) is 0 Å². The molecule has 15 heavy (non-hydrogen) atoms. The topological polar surface area (TPSA) is 56.5 Å². The molecular weight excluding hydrogens is 210 g/mol. The van der Waals surface area contributed by atoms with Crippen LogP contribution in [0.1, 0.15) is 26.0 Å². The van der Waals surface area contributed by atoms with E-state index in [0.717, 1.165) is 35.8 Å². The molecule has 80 valence electrons. The van der Waals surface area contributed by atoms with Crippen LogP contribution in [0.3, 0.4) is 0 Å². The maximum atomic E-state index is 4.13. The van der Waals surface area contributed by atoms with E-state index in [1.807, 2.05) is 4.57 Å². The molecule has 0 unspecified atom stereocenters. The van der Waals surface area contributed by atoms with E-state index in [1.165, 1.54) is 11.5 Å². The fourth-order valence-corrected chi connectivity index (χ4v) is 2.20. The van der Waals surface area contributed by atoms with Crippen molar-refractivity contribution in [3.05, 3.63) is 12.0 Å². The van der Waals surface area contributed by atoms with Crippen molar-refractivity contribution in [1.82, 2.24) is 24.4 Å². The van der Waals surface area contributed by atoms with Gasteiger partial charge in [0.25, 0.3) is 0 Å². The van der Waals surface area contributed by atoms with E-state index in [1.54, 1.807) is 6.33 Å². The third-order valence-corrected chi connectivity index (χ3v) is 2.94. The number of hydrogen-bond donors (Lipinski definition) is 0. The minimum Gasteiger partial charge on any atom is -0.313 e. The molecular formula is C9H13N5S. The lowest BCUT2D eigenvalue weighted by Gasteiger charge is -2.02. The summed E-state index contributed by atoms with van der Waals surface area (Å²) in [5.74, 6) is 0.892. The summed E-state index contributed by atoms with van der Waals surface area (Å²) in [6.45, 7) is 5.14. The molecule has 0 spiro atoms. The minimum absolute atomic E-state index is 0.880. The lowest BCUT2D eigenvalue weighted by molar-refractivity contribution is 0.683. The van der Waals surface area contributed by atoms with Crippen LogP contribution in [0, 0.1) is 0 Å². The number of hydrogen-bond acceptors (Lipinski definition) is 5. The molecule has 0 saturated carbocycles. The van der Waals surface area contributed by atoms with Gasteiger partial charge in [0, 0.05) is 6.54 Å². The van der Waals surface area contributed by atoms with Gasteiger partial charge in [0.05, 0.1) is 5.69 Å². The minimum atomic E-state index is 0.880. The largest absolute Gasteiger partial charge is 0.313 e. The van der Waals surface area contributed by atoms with Crippen molar-refractivity contribution in [1.29, 1.82) is 0 Å². The molecule has 0 aliphatic carbocycles. The Labute approximate surface area is 92.3 Å². The van der Waals surface area contributed by atoms with Gasteiger partial charge in [-0.2, -0.15) is 0 Å². The molecule has 0 bridgehead atoms. The molecule has 0 aliphatic heterocycles. The first-order chi connectivity index (χ1) is 7.36. The summed E-state index contributed by atoms with van der Waals surface area (Å²) in [6, 6.07) is 0. The van der Waals surface area contributed by atoms with E-state index < -0.39 is 0 Å². The van der Waals surface area contributed by atoms with Gasteiger partial charge in [0.1, 0.15) is 11.2 Å². The Morgan fingerprint density at radius 3 is 2.93 bits per heavy atom. The van der Waals surface area contributed by atoms with Gasteiger partial charge < -0.3 is 4.57 Å². The molecule has 0 N–H and O–H groups in total. The van der Waals surface area contributed by atoms with Crippen LogP contribution in [-0.2, 0) is 13.0 Å². The Bertz CT molecular complexity index is 433. The zero-order valence-electron chi connectivity index (χ0n) is 8.84. The highest BCUT2D eigenvalue weighted by molar-refractivity contribution is 7.09. The van der Waals surface area contributed by atoms with E-state index >= 15 is 0 Å². The molecule has 2 rings (SSSR count). The van der Waals surface area contributed by atoms with Crippen molar-refractivity contribution in [3.8, 4) is 10.7 Å². The van der Waals surface area contributed by atoms with Crippen molar-refractivity contribution in [3.63, 3.8) is 0 Å². The molecule has 0 atom stereocenters. The summed E-state index contributed by atoms with van der Waals surface area (Å²) < 4.78 is 6.01. The van der Waals surface area contributed by atoms with Crippen molar-refractivity contribution in [2.75, 3.05) is 0 Å². The van der Waals surface area contributed by atoms with Crippen LogP contribution in [-0.4, -0.2) is 24.4 Å². The maximum absolute atomic E-state index is 4.13. The van der Waals surface area contributed by atoms with Crippen molar-refractivity contribution in [2.45, 2.75) is 33.2 Å². The highest BCUT2D eigenvalue weighted by Crippen LogP contribution is 2.24. The van der Waals surface area contributed by atoms with Gasteiger partial charge in [-0.05, 0) is 24.4 Å². The van der Waals surface area contributed by atoms with Gasteiger partial charge in [-0.25, -0.2) is 0 Å². The maximum Gasteiger partial charge on any atom is 0.177 e. The van der Waals surface area contributed by atoms with Gasteiger partial charge in [-0.1, -0.05) is 18.3 Å². The van der Waals surface area contributed by atoms with Crippen LogP contribution in [0.5, 0.6) is 0 Å². The van der Waals surface area contributed by atoms with Crippen LogP contribution in [0.2, 0.25) is 0 Å². The number of nitrogens with zero attached hydrogens (tertiary/aromatic N) is 5. The lowest BCUT2D eigenvalue weighted by Crippen LogP contribution is -1.98. The standard InChI is InChI=1S/C9H13N5S/c1-3-5-14-6-10-12-9(14)8-7(4-2)11-13-15-8/h6H,3-5H2,1-2H3. The van der Waals surface area contributed by atoms with Crippen molar-refractivity contribution >= 4 is 11.5 Å². The van der Waals surface area contributed by atoms with Crippen LogP contribution >= 0.6 is 11.5 Å². The molecule has 0 saturated heterocycles. The van der Waals surface area contributed by atoms with E-state index in [4.69, 9.17) is 0 Å². The Morgan fingerprint density at radius 1 is 1.33 bits per heavy atom. The highest BCUT2D eigenvalue weighted by Gasteiger charge is 2.14. The third-order valence-electron chi connectivity index (χ3n) is 2.17. The first kappa shape index (κ1) is 10.2. The monoisotopic (exact) mass is 223 g/mol. The molecule has 2 aromatic heterocycles. The fraction of sp³-hybridized carbons (Fsp3) is 0.556. The first-order valence-electron chi connectivity index (χ1n) is 5.06. The average Bonchev–Trinajstić information content (AvgIpc) is 2.84. The number of aromatic nitrogens is 5. The first-order valence-corrected chi connectivity index (χ1v) is 5.83. The Morgan fingerprint density at radius 2 is 2.20 bits per heavy atom. The summed E-state index contributed by atoms with van der Waals surface area (Å²) in [4.78, 5) is 1.04. The molecule has 0 aromatic carbocycles. The van der Waals surface area contributed by atoms with Crippen LogP contribution in [0.4, 0.5) is 0 Å². The average molecular weight is 223 g/mol. The SMILES string of the molecule is CCCn1cnnc1-c1snnc1CC. The highest BCUT2D eigenvalue weighted by atomic mass is 32.1. The molecule has 5 nitrogen and oxygen atoms in total. The van der Waals surface area contributed by atoms with Gasteiger partial charge in [0.2, 0.25) is 0 Å². The van der Waals surface area contributed by atoms with Crippen LogP contribution < -0.4 is 0 Å². The van der Waals surface area contributed by atoms with Crippen LogP contribution in [0.15, 0.2) is 6.33 Å².